The summed E-state index contributed by atoms with van der Waals surface area (Å²) in [7, 11) is 0. The molecule has 0 spiro atoms. The van der Waals surface area contributed by atoms with Crippen LogP contribution in [0.15, 0.2) is 0 Å². The fourth-order valence-corrected chi connectivity index (χ4v) is 2.51. The molecule has 0 aromatic rings. The quantitative estimate of drug-likeness (QED) is 0.763. The molecule has 2 fully saturated rings. The first-order valence-electron chi connectivity index (χ1n) is 6.82. The zero-order chi connectivity index (χ0) is 13.1. The van der Waals surface area contributed by atoms with E-state index in [4.69, 9.17) is 5.11 Å². The second-order valence-electron chi connectivity index (χ2n) is 5.54. The summed E-state index contributed by atoms with van der Waals surface area (Å²) in [5.41, 5.74) is 0. The van der Waals surface area contributed by atoms with E-state index in [1.165, 1.54) is 0 Å². The molecule has 1 amide bonds. The van der Waals surface area contributed by atoms with Crippen LogP contribution in [0.3, 0.4) is 0 Å². The van der Waals surface area contributed by atoms with Crippen molar-refractivity contribution in [2.24, 2.45) is 5.92 Å². The van der Waals surface area contributed by atoms with E-state index in [9.17, 15) is 9.59 Å². The lowest BCUT2D eigenvalue weighted by atomic mass is 9.93. The minimum Gasteiger partial charge on any atom is -0.481 e. The van der Waals surface area contributed by atoms with Gasteiger partial charge in [-0.2, -0.15) is 0 Å². The van der Waals surface area contributed by atoms with Crippen LogP contribution < -0.4 is 5.32 Å². The van der Waals surface area contributed by atoms with Gasteiger partial charge in [0, 0.05) is 12.5 Å². The number of nitrogens with one attached hydrogen (secondary N) is 1. The average molecular weight is 254 g/mol. The van der Waals surface area contributed by atoms with Gasteiger partial charge in [0.2, 0.25) is 5.91 Å². The largest absolute Gasteiger partial charge is 0.481 e. The van der Waals surface area contributed by atoms with Crippen molar-refractivity contribution in [3.05, 3.63) is 0 Å². The summed E-state index contributed by atoms with van der Waals surface area (Å²) >= 11 is 0. The molecular weight excluding hydrogens is 232 g/mol. The van der Waals surface area contributed by atoms with Gasteiger partial charge < -0.3 is 10.4 Å². The van der Waals surface area contributed by atoms with Gasteiger partial charge in [0.15, 0.2) is 0 Å². The predicted molar refractivity (Wildman–Crippen MR) is 67.2 cm³/mol. The lowest BCUT2D eigenvalue weighted by molar-refractivity contribution is -0.138. The van der Waals surface area contributed by atoms with E-state index in [-0.39, 0.29) is 24.3 Å². The standard InChI is InChI=1S/C13H22N2O3/c1-9(13(18)14-11-2-3-11)15-6-4-10(5-7-15)8-12(16)17/h9-11H,2-8H2,1H3,(H,14,18)(H,16,17). The first-order chi connectivity index (χ1) is 8.56. The molecule has 18 heavy (non-hydrogen) atoms. The van der Waals surface area contributed by atoms with E-state index in [1.807, 2.05) is 6.92 Å². The summed E-state index contributed by atoms with van der Waals surface area (Å²) in [5.74, 6) is -0.320. The Morgan fingerprint density at radius 3 is 2.39 bits per heavy atom. The van der Waals surface area contributed by atoms with E-state index in [0.717, 1.165) is 38.8 Å². The number of hydrogen-bond donors (Lipinski definition) is 2. The lowest BCUT2D eigenvalue weighted by Gasteiger charge is -2.34. The predicted octanol–water partition coefficient (Wildman–Crippen LogP) is 0.840. The number of carboxylic acid groups (broad SMARTS) is 1. The summed E-state index contributed by atoms with van der Waals surface area (Å²) < 4.78 is 0. The smallest absolute Gasteiger partial charge is 0.303 e. The molecule has 5 nitrogen and oxygen atoms in total. The van der Waals surface area contributed by atoms with E-state index in [2.05, 4.69) is 10.2 Å². The Hall–Kier alpha value is -1.10. The minimum absolute atomic E-state index is 0.0867. The first kappa shape index (κ1) is 13.3. The number of carbonyl (C=O) groups excluding carboxylic acids is 1. The van der Waals surface area contributed by atoms with Crippen LogP contribution in [0.25, 0.3) is 0 Å². The molecule has 1 saturated heterocycles. The molecule has 0 aromatic carbocycles. The van der Waals surface area contributed by atoms with Crippen LogP contribution in [0.4, 0.5) is 0 Å². The van der Waals surface area contributed by atoms with Crippen molar-refractivity contribution >= 4 is 11.9 Å². The molecule has 1 saturated carbocycles. The van der Waals surface area contributed by atoms with Crippen LogP contribution in [0, 0.1) is 5.92 Å². The van der Waals surface area contributed by atoms with Crippen molar-refractivity contribution < 1.29 is 14.7 Å². The first-order valence-corrected chi connectivity index (χ1v) is 6.82. The molecule has 1 atom stereocenters. The zero-order valence-corrected chi connectivity index (χ0v) is 10.9. The van der Waals surface area contributed by atoms with Crippen LogP contribution in [-0.2, 0) is 9.59 Å². The van der Waals surface area contributed by atoms with Crippen molar-refractivity contribution in [2.45, 2.75) is 51.1 Å². The van der Waals surface area contributed by atoms with E-state index >= 15 is 0 Å². The highest BCUT2D eigenvalue weighted by Crippen LogP contribution is 2.23. The fraction of sp³-hybridized carbons (Fsp3) is 0.846. The topological polar surface area (TPSA) is 69.6 Å². The Morgan fingerprint density at radius 1 is 1.28 bits per heavy atom. The minimum atomic E-state index is -0.715. The molecular formula is C13H22N2O3. The molecule has 1 heterocycles. The number of likely N-dealkylation sites (tertiary alicyclic amines) is 1. The van der Waals surface area contributed by atoms with E-state index < -0.39 is 5.97 Å². The van der Waals surface area contributed by atoms with Gasteiger partial charge in [-0.05, 0) is 51.6 Å². The number of hydrogen-bond acceptors (Lipinski definition) is 3. The Kier molecular flexibility index (Phi) is 4.22. The van der Waals surface area contributed by atoms with Gasteiger partial charge >= 0.3 is 5.97 Å². The lowest BCUT2D eigenvalue weighted by Crippen LogP contribution is -2.48. The third kappa shape index (κ3) is 3.70. The van der Waals surface area contributed by atoms with Gasteiger partial charge in [-0.25, -0.2) is 0 Å². The van der Waals surface area contributed by atoms with Gasteiger partial charge in [0.05, 0.1) is 6.04 Å². The number of carbonyl (C=O) groups is 2. The Balaban J connectivity index is 1.74. The van der Waals surface area contributed by atoms with E-state index in [1.54, 1.807) is 0 Å². The monoisotopic (exact) mass is 254 g/mol. The number of rotatable bonds is 5. The molecule has 0 aromatic heterocycles. The molecule has 0 bridgehead atoms. The fourth-order valence-electron chi connectivity index (χ4n) is 2.51. The summed E-state index contributed by atoms with van der Waals surface area (Å²) in [6.07, 6.45) is 4.25. The van der Waals surface area contributed by atoms with Gasteiger partial charge in [-0.15, -0.1) is 0 Å². The van der Waals surface area contributed by atoms with Crippen LogP contribution >= 0.6 is 0 Å². The number of aliphatic carboxylic acids is 1. The maximum absolute atomic E-state index is 11.9. The SMILES string of the molecule is CC(C(=O)NC1CC1)N1CCC(CC(=O)O)CC1. The second kappa shape index (κ2) is 5.69. The zero-order valence-electron chi connectivity index (χ0n) is 10.9. The van der Waals surface area contributed by atoms with Crippen molar-refractivity contribution in [1.82, 2.24) is 10.2 Å². The van der Waals surface area contributed by atoms with Crippen LogP contribution in [-0.4, -0.2) is 47.1 Å². The number of carboxylic acids is 1. The third-order valence-corrected chi connectivity index (χ3v) is 3.96. The molecule has 2 aliphatic rings. The molecule has 5 heteroatoms. The number of piperidine rings is 1. The van der Waals surface area contributed by atoms with Gasteiger partial charge in [-0.3, -0.25) is 14.5 Å². The molecule has 1 aliphatic heterocycles. The van der Waals surface area contributed by atoms with E-state index in [0.29, 0.717) is 6.04 Å². The molecule has 2 N–H and O–H groups in total. The van der Waals surface area contributed by atoms with Crippen molar-refractivity contribution in [2.75, 3.05) is 13.1 Å². The maximum Gasteiger partial charge on any atom is 0.303 e. The highest BCUT2D eigenvalue weighted by molar-refractivity contribution is 5.81. The summed E-state index contributed by atoms with van der Waals surface area (Å²) in [6.45, 7) is 3.60. The van der Waals surface area contributed by atoms with Gasteiger partial charge in [-0.1, -0.05) is 0 Å². The normalized spacial score (nSPS) is 23.6. The second-order valence-corrected chi connectivity index (χ2v) is 5.54. The van der Waals surface area contributed by atoms with Gasteiger partial charge in [0.25, 0.3) is 0 Å². The summed E-state index contributed by atoms with van der Waals surface area (Å²) in [6, 6.07) is 0.320. The van der Waals surface area contributed by atoms with Crippen LogP contribution in [0.1, 0.15) is 39.0 Å². The third-order valence-electron chi connectivity index (χ3n) is 3.96. The Bertz CT molecular complexity index is 320. The summed E-state index contributed by atoms with van der Waals surface area (Å²) in [4.78, 5) is 24.7. The molecule has 1 unspecified atom stereocenters. The average Bonchev–Trinajstić information content (AvgIpc) is 3.12. The van der Waals surface area contributed by atoms with Crippen LogP contribution in [0.5, 0.6) is 0 Å². The number of amides is 1. The molecule has 2 rings (SSSR count). The van der Waals surface area contributed by atoms with Crippen molar-refractivity contribution in [3.63, 3.8) is 0 Å². The van der Waals surface area contributed by atoms with Gasteiger partial charge in [0.1, 0.15) is 0 Å². The highest BCUT2D eigenvalue weighted by Gasteiger charge is 2.30. The molecule has 1 aliphatic carbocycles. The highest BCUT2D eigenvalue weighted by atomic mass is 16.4. The maximum atomic E-state index is 11.9. The molecule has 0 radical (unpaired) electrons. The molecule has 102 valence electrons. The summed E-state index contributed by atoms with van der Waals surface area (Å²) in [5, 5.41) is 11.8. The Labute approximate surface area is 108 Å². The Morgan fingerprint density at radius 2 is 1.89 bits per heavy atom. The van der Waals surface area contributed by atoms with Crippen molar-refractivity contribution in [3.8, 4) is 0 Å². The van der Waals surface area contributed by atoms with Crippen molar-refractivity contribution in [1.29, 1.82) is 0 Å². The number of nitrogens with zero attached hydrogens (tertiary/aromatic N) is 1. The van der Waals surface area contributed by atoms with Crippen LogP contribution in [0.2, 0.25) is 0 Å².